The SMILES string of the molecule is CCOC(=O)c1ccccc1NC(=O)C1=C(C)OCCC1. The van der Waals surface area contributed by atoms with E-state index >= 15 is 0 Å². The third kappa shape index (κ3) is 3.62. The minimum atomic E-state index is -0.445. The van der Waals surface area contributed by atoms with Crippen molar-refractivity contribution < 1.29 is 19.1 Å². The summed E-state index contributed by atoms with van der Waals surface area (Å²) in [6.07, 6.45) is 1.50. The van der Waals surface area contributed by atoms with Gasteiger partial charge in [-0.05, 0) is 38.8 Å². The number of nitrogens with one attached hydrogen (secondary N) is 1. The van der Waals surface area contributed by atoms with E-state index < -0.39 is 5.97 Å². The minimum absolute atomic E-state index is 0.232. The van der Waals surface area contributed by atoms with Crippen LogP contribution < -0.4 is 5.32 Å². The number of hydrogen-bond donors (Lipinski definition) is 1. The summed E-state index contributed by atoms with van der Waals surface area (Å²) in [5.74, 6) is -0.0321. The summed E-state index contributed by atoms with van der Waals surface area (Å²) in [6, 6.07) is 6.81. The molecule has 1 N–H and O–H groups in total. The van der Waals surface area contributed by atoms with Crippen molar-refractivity contribution in [1.29, 1.82) is 0 Å². The molecule has 0 spiro atoms. The molecule has 0 aliphatic carbocycles. The highest BCUT2D eigenvalue weighted by Crippen LogP contribution is 2.22. The van der Waals surface area contributed by atoms with Crippen LogP contribution in [0.3, 0.4) is 0 Å². The molecule has 1 amide bonds. The van der Waals surface area contributed by atoms with Crippen molar-refractivity contribution in [3.05, 3.63) is 41.2 Å². The topological polar surface area (TPSA) is 64.6 Å². The van der Waals surface area contributed by atoms with Gasteiger partial charge in [0.05, 0.1) is 30.0 Å². The smallest absolute Gasteiger partial charge is 0.340 e. The van der Waals surface area contributed by atoms with Gasteiger partial charge >= 0.3 is 5.97 Å². The van der Waals surface area contributed by atoms with Crippen LogP contribution in [0.1, 0.15) is 37.0 Å². The molecular formula is C16H19NO4. The molecule has 21 heavy (non-hydrogen) atoms. The average Bonchev–Trinajstić information content (AvgIpc) is 2.48. The Morgan fingerprint density at radius 3 is 2.81 bits per heavy atom. The van der Waals surface area contributed by atoms with Crippen LogP contribution in [0, 0.1) is 0 Å². The number of anilines is 1. The van der Waals surface area contributed by atoms with Crippen LogP contribution in [0.2, 0.25) is 0 Å². The number of carbonyl (C=O) groups excluding carboxylic acids is 2. The van der Waals surface area contributed by atoms with E-state index in [-0.39, 0.29) is 5.91 Å². The van der Waals surface area contributed by atoms with Gasteiger partial charge in [0.25, 0.3) is 5.91 Å². The van der Waals surface area contributed by atoms with Gasteiger partial charge in [0.15, 0.2) is 0 Å². The third-order valence-electron chi connectivity index (χ3n) is 3.26. The zero-order chi connectivity index (χ0) is 15.2. The van der Waals surface area contributed by atoms with Crippen molar-refractivity contribution >= 4 is 17.6 Å². The lowest BCUT2D eigenvalue weighted by Gasteiger charge is -2.19. The maximum atomic E-state index is 12.3. The molecular weight excluding hydrogens is 270 g/mol. The summed E-state index contributed by atoms with van der Waals surface area (Å²) >= 11 is 0. The largest absolute Gasteiger partial charge is 0.498 e. The Kier molecular flexibility index (Phi) is 4.98. The molecule has 2 rings (SSSR count). The number of amides is 1. The normalized spacial score (nSPS) is 14.4. The predicted octanol–water partition coefficient (Wildman–Crippen LogP) is 2.89. The second kappa shape index (κ2) is 6.92. The van der Waals surface area contributed by atoms with Crippen LogP contribution in [0.5, 0.6) is 0 Å². The van der Waals surface area contributed by atoms with Gasteiger partial charge in [-0.2, -0.15) is 0 Å². The summed E-state index contributed by atoms with van der Waals surface area (Å²) in [5, 5.41) is 2.77. The van der Waals surface area contributed by atoms with Crippen molar-refractivity contribution in [2.24, 2.45) is 0 Å². The van der Waals surface area contributed by atoms with E-state index in [0.717, 1.165) is 6.42 Å². The number of hydrogen-bond acceptors (Lipinski definition) is 4. The van der Waals surface area contributed by atoms with Crippen LogP contribution in [0.15, 0.2) is 35.6 Å². The summed E-state index contributed by atoms with van der Waals surface area (Å²) < 4.78 is 10.4. The maximum Gasteiger partial charge on any atom is 0.340 e. The second-order valence-electron chi connectivity index (χ2n) is 4.71. The zero-order valence-electron chi connectivity index (χ0n) is 12.3. The first-order chi connectivity index (χ1) is 10.1. The number of benzene rings is 1. The van der Waals surface area contributed by atoms with Gasteiger partial charge < -0.3 is 14.8 Å². The molecule has 0 saturated carbocycles. The quantitative estimate of drug-likeness (QED) is 0.866. The van der Waals surface area contributed by atoms with E-state index in [1.165, 1.54) is 0 Å². The van der Waals surface area contributed by atoms with Gasteiger partial charge in [-0.25, -0.2) is 4.79 Å². The molecule has 0 radical (unpaired) electrons. The second-order valence-corrected chi connectivity index (χ2v) is 4.71. The maximum absolute atomic E-state index is 12.3. The fourth-order valence-corrected chi connectivity index (χ4v) is 2.19. The lowest BCUT2D eigenvalue weighted by Crippen LogP contribution is -2.21. The zero-order valence-corrected chi connectivity index (χ0v) is 12.3. The van der Waals surface area contributed by atoms with Crippen molar-refractivity contribution in [3.63, 3.8) is 0 Å². The Morgan fingerprint density at radius 2 is 2.10 bits per heavy atom. The molecule has 0 atom stereocenters. The minimum Gasteiger partial charge on any atom is -0.498 e. The van der Waals surface area contributed by atoms with Crippen molar-refractivity contribution in [2.45, 2.75) is 26.7 Å². The van der Waals surface area contributed by atoms with Crippen LogP contribution in [-0.2, 0) is 14.3 Å². The van der Waals surface area contributed by atoms with E-state index in [0.29, 0.717) is 42.2 Å². The molecule has 5 heteroatoms. The summed E-state index contributed by atoms with van der Waals surface area (Å²) in [5.41, 5.74) is 1.43. The first kappa shape index (κ1) is 15.1. The average molecular weight is 289 g/mol. The number of rotatable bonds is 4. The highest BCUT2D eigenvalue weighted by molar-refractivity contribution is 6.07. The van der Waals surface area contributed by atoms with Crippen LogP contribution in [-0.4, -0.2) is 25.1 Å². The number of carbonyl (C=O) groups is 2. The number of esters is 1. The van der Waals surface area contributed by atoms with Crippen molar-refractivity contribution in [3.8, 4) is 0 Å². The Morgan fingerprint density at radius 1 is 1.33 bits per heavy atom. The molecule has 1 aliphatic heterocycles. The number of para-hydroxylation sites is 1. The molecule has 1 aromatic carbocycles. The third-order valence-corrected chi connectivity index (χ3v) is 3.26. The number of allylic oxidation sites excluding steroid dienone is 1. The van der Waals surface area contributed by atoms with Gasteiger partial charge in [-0.1, -0.05) is 12.1 Å². The first-order valence-electron chi connectivity index (χ1n) is 7.03. The van der Waals surface area contributed by atoms with E-state index in [9.17, 15) is 9.59 Å². The number of ether oxygens (including phenoxy) is 2. The Balaban J connectivity index is 2.20. The highest BCUT2D eigenvalue weighted by Gasteiger charge is 2.20. The van der Waals surface area contributed by atoms with Crippen molar-refractivity contribution in [2.75, 3.05) is 18.5 Å². The molecule has 0 saturated heterocycles. The molecule has 0 unspecified atom stereocenters. The lowest BCUT2D eigenvalue weighted by atomic mass is 10.1. The van der Waals surface area contributed by atoms with Gasteiger partial charge in [0.2, 0.25) is 0 Å². The molecule has 5 nitrogen and oxygen atoms in total. The summed E-state index contributed by atoms with van der Waals surface area (Å²) in [7, 11) is 0. The van der Waals surface area contributed by atoms with Crippen LogP contribution >= 0.6 is 0 Å². The standard InChI is InChI=1S/C16H19NO4/c1-3-20-16(19)13-7-4-5-9-14(13)17-15(18)12-8-6-10-21-11(12)2/h4-5,7,9H,3,6,8,10H2,1-2H3,(H,17,18). The fraction of sp³-hybridized carbons (Fsp3) is 0.375. The van der Waals surface area contributed by atoms with E-state index in [1.54, 1.807) is 38.1 Å². The van der Waals surface area contributed by atoms with E-state index in [1.807, 2.05) is 0 Å². The molecule has 112 valence electrons. The first-order valence-corrected chi connectivity index (χ1v) is 7.03. The molecule has 1 aromatic rings. The molecule has 1 aliphatic rings. The molecule has 0 fully saturated rings. The van der Waals surface area contributed by atoms with Gasteiger partial charge in [0.1, 0.15) is 5.76 Å². The summed E-state index contributed by atoms with van der Waals surface area (Å²) in [6.45, 7) is 4.46. The van der Waals surface area contributed by atoms with Gasteiger partial charge in [-0.3, -0.25) is 4.79 Å². The Hall–Kier alpha value is -2.30. The Bertz CT molecular complexity index is 577. The molecule has 0 aromatic heterocycles. The van der Waals surface area contributed by atoms with E-state index in [4.69, 9.17) is 9.47 Å². The van der Waals surface area contributed by atoms with Crippen molar-refractivity contribution in [1.82, 2.24) is 0 Å². The van der Waals surface area contributed by atoms with Gasteiger partial charge in [-0.15, -0.1) is 0 Å². The summed E-state index contributed by atoms with van der Waals surface area (Å²) in [4.78, 5) is 24.2. The van der Waals surface area contributed by atoms with E-state index in [2.05, 4.69) is 5.32 Å². The molecule has 0 bridgehead atoms. The van der Waals surface area contributed by atoms with Crippen LogP contribution in [0.25, 0.3) is 0 Å². The Labute approximate surface area is 123 Å². The predicted molar refractivity (Wildman–Crippen MR) is 78.9 cm³/mol. The van der Waals surface area contributed by atoms with Crippen LogP contribution in [0.4, 0.5) is 5.69 Å². The molecule has 1 heterocycles. The highest BCUT2D eigenvalue weighted by atomic mass is 16.5. The van der Waals surface area contributed by atoms with Gasteiger partial charge in [0, 0.05) is 0 Å². The fourth-order valence-electron chi connectivity index (χ4n) is 2.19. The monoisotopic (exact) mass is 289 g/mol. The lowest BCUT2D eigenvalue weighted by molar-refractivity contribution is -0.113.